The van der Waals surface area contributed by atoms with Crippen molar-refractivity contribution in [2.75, 3.05) is 13.2 Å². The molecule has 1 aliphatic rings. The van der Waals surface area contributed by atoms with E-state index in [-0.39, 0.29) is 29.5 Å². The van der Waals surface area contributed by atoms with Crippen molar-refractivity contribution < 1.29 is 19.4 Å². The molecule has 3 heterocycles. The highest BCUT2D eigenvalue weighted by molar-refractivity contribution is 7.17. The Hall–Kier alpha value is -2.26. The topological polar surface area (TPSA) is 111 Å². The van der Waals surface area contributed by atoms with Gasteiger partial charge in [-0.1, -0.05) is 6.92 Å². The minimum Gasteiger partial charge on any atom is -0.478 e. The minimum absolute atomic E-state index is 0.0161. The maximum absolute atomic E-state index is 12.8. The van der Waals surface area contributed by atoms with Gasteiger partial charge in [-0.05, 0) is 12.8 Å². The smallest absolute Gasteiger partial charge is 0.337 e. The molecule has 1 saturated heterocycles. The molecule has 2 aromatic rings. The van der Waals surface area contributed by atoms with Gasteiger partial charge in [0.1, 0.15) is 17.2 Å². The summed E-state index contributed by atoms with van der Waals surface area (Å²) in [7, 11) is 0. The van der Waals surface area contributed by atoms with Crippen molar-refractivity contribution >= 4 is 33.4 Å². The van der Waals surface area contributed by atoms with E-state index in [2.05, 4.69) is 10.3 Å². The number of ether oxygens (including phenoxy) is 1. The monoisotopic (exact) mass is 365 g/mol. The van der Waals surface area contributed by atoms with Crippen molar-refractivity contribution in [3.8, 4) is 0 Å². The molecular weight excluding hydrogens is 346 g/mol. The molecule has 2 aromatic heterocycles. The van der Waals surface area contributed by atoms with E-state index in [1.54, 1.807) is 0 Å². The van der Waals surface area contributed by atoms with E-state index in [9.17, 15) is 19.5 Å². The summed E-state index contributed by atoms with van der Waals surface area (Å²) in [6, 6.07) is 0. The molecule has 3 rings (SSSR count). The van der Waals surface area contributed by atoms with E-state index < -0.39 is 11.5 Å². The summed E-state index contributed by atoms with van der Waals surface area (Å²) in [5.41, 5.74) is -0.568. The van der Waals surface area contributed by atoms with Crippen molar-refractivity contribution in [2.24, 2.45) is 0 Å². The summed E-state index contributed by atoms with van der Waals surface area (Å²) in [5, 5.41) is 13.5. The first-order chi connectivity index (χ1) is 12.0. The molecule has 0 bridgehead atoms. The van der Waals surface area contributed by atoms with Gasteiger partial charge in [-0.3, -0.25) is 14.2 Å². The molecule has 9 heteroatoms. The molecule has 25 heavy (non-hydrogen) atoms. The van der Waals surface area contributed by atoms with Crippen molar-refractivity contribution in [3.05, 3.63) is 27.1 Å². The predicted octanol–water partition coefficient (Wildman–Crippen LogP) is 1.01. The molecule has 0 spiro atoms. The van der Waals surface area contributed by atoms with Crippen LogP contribution in [0.2, 0.25) is 0 Å². The number of nitrogens with zero attached hydrogens (tertiary/aromatic N) is 2. The van der Waals surface area contributed by atoms with Crippen molar-refractivity contribution in [2.45, 2.75) is 38.8 Å². The van der Waals surface area contributed by atoms with E-state index in [0.29, 0.717) is 30.2 Å². The number of fused-ring (bicyclic) bond motifs is 1. The molecule has 134 valence electrons. The number of carbonyl (C=O) groups excluding carboxylic acids is 1. The fraction of sp³-hybridized carbons (Fsp3) is 0.500. The largest absolute Gasteiger partial charge is 0.478 e. The van der Waals surface area contributed by atoms with Gasteiger partial charge in [0.15, 0.2) is 0 Å². The Morgan fingerprint density at radius 2 is 2.32 bits per heavy atom. The molecule has 0 aromatic carbocycles. The van der Waals surface area contributed by atoms with Crippen LogP contribution < -0.4 is 10.9 Å². The van der Waals surface area contributed by atoms with E-state index >= 15 is 0 Å². The lowest BCUT2D eigenvalue weighted by molar-refractivity contribution is -0.122. The van der Waals surface area contributed by atoms with E-state index in [1.807, 2.05) is 6.92 Å². The number of hydrogen-bond acceptors (Lipinski definition) is 6. The van der Waals surface area contributed by atoms with Gasteiger partial charge in [0.25, 0.3) is 5.56 Å². The average Bonchev–Trinajstić information content (AvgIpc) is 3.24. The summed E-state index contributed by atoms with van der Waals surface area (Å²) in [5.74, 6) is -1.03. The van der Waals surface area contributed by atoms with Crippen LogP contribution in [0.15, 0.2) is 10.2 Å². The second-order valence-electron chi connectivity index (χ2n) is 5.85. The molecular formula is C16H19N3O5S. The van der Waals surface area contributed by atoms with E-state index in [1.165, 1.54) is 9.95 Å². The second kappa shape index (κ2) is 7.32. The highest BCUT2D eigenvalue weighted by atomic mass is 32.1. The van der Waals surface area contributed by atoms with Crippen molar-refractivity contribution in [1.29, 1.82) is 0 Å². The van der Waals surface area contributed by atoms with Gasteiger partial charge in [-0.2, -0.15) is 0 Å². The molecule has 1 amide bonds. The number of nitrogens with one attached hydrogen (secondary N) is 1. The van der Waals surface area contributed by atoms with Gasteiger partial charge in [0.05, 0.1) is 17.1 Å². The number of aromatic carboxylic acids is 1. The normalized spacial score (nSPS) is 17.1. The van der Waals surface area contributed by atoms with Gasteiger partial charge in [0.2, 0.25) is 5.91 Å². The maximum Gasteiger partial charge on any atom is 0.337 e. The van der Waals surface area contributed by atoms with Crippen LogP contribution in [0, 0.1) is 0 Å². The fourth-order valence-corrected chi connectivity index (χ4v) is 3.81. The third kappa shape index (κ3) is 3.57. The summed E-state index contributed by atoms with van der Waals surface area (Å²) in [6.07, 6.45) is 2.37. The summed E-state index contributed by atoms with van der Waals surface area (Å²) >= 11 is 1.12. The standard InChI is InChI=1S/C16H19N3O5S/c1-2-11-18-14-13(10(8-25-14)16(22)23)15(21)19(11)7-12(20)17-6-9-4-3-5-24-9/h8-9H,2-7H2,1H3,(H,17,20)(H,22,23). The molecule has 1 aliphatic heterocycles. The van der Waals surface area contributed by atoms with E-state index in [0.717, 1.165) is 24.2 Å². The Morgan fingerprint density at radius 3 is 2.96 bits per heavy atom. The number of amides is 1. The van der Waals surface area contributed by atoms with Gasteiger partial charge < -0.3 is 15.2 Å². The molecule has 1 atom stereocenters. The first kappa shape index (κ1) is 17.6. The summed E-state index contributed by atoms with van der Waals surface area (Å²) in [4.78, 5) is 41.0. The SMILES string of the molecule is CCc1nc2scc(C(=O)O)c2c(=O)n1CC(=O)NCC1CCCO1. The maximum atomic E-state index is 12.8. The van der Waals surface area contributed by atoms with Gasteiger partial charge in [-0.25, -0.2) is 9.78 Å². The molecule has 0 radical (unpaired) electrons. The first-order valence-corrected chi connectivity index (χ1v) is 9.01. The lowest BCUT2D eigenvalue weighted by atomic mass is 10.2. The Bertz CT molecular complexity index is 867. The minimum atomic E-state index is -1.18. The van der Waals surface area contributed by atoms with Gasteiger partial charge in [-0.15, -0.1) is 11.3 Å². The van der Waals surface area contributed by atoms with Crippen LogP contribution in [0.25, 0.3) is 10.2 Å². The van der Waals surface area contributed by atoms with Crippen LogP contribution in [0.3, 0.4) is 0 Å². The number of hydrogen-bond donors (Lipinski definition) is 2. The number of carboxylic acids is 1. The Balaban J connectivity index is 1.87. The van der Waals surface area contributed by atoms with Crippen molar-refractivity contribution in [1.82, 2.24) is 14.9 Å². The predicted molar refractivity (Wildman–Crippen MR) is 92.2 cm³/mol. The first-order valence-electron chi connectivity index (χ1n) is 8.13. The zero-order valence-corrected chi connectivity index (χ0v) is 14.6. The van der Waals surface area contributed by atoms with E-state index in [4.69, 9.17) is 4.74 Å². The molecule has 0 saturated carbocycles. The number of rotatable bonds is 6. The molecule has 0 aliphatic carbocycles. The number of aryl methyl sites for hydroxylation is 1. The van der Waals surface area contributed by atoms with Gasteiger partial charge in [0, 0.05) is 25.0 Å². The van der Waals surface area contributed by atoms with Crippen LogP contribution in [0.5, 0.6) is 0 Å². The Labute approximate surface area is 147 Å². The Kier molecular flexibility index (Phi) is 5.14. The molecule has 1 fully saturated rings. The van der Waals surface area contributed by atoms with Crippen LogP contribution in [-0.4, -0.2) is 45.8 Å². The molecule has 2 N–H and O–H groups in total. The quantitative estimate of drug-likeness (QED) is 0.791. The number of thiophene rings is 1. The zero-order chi connectivity index (χ0) is 18.0. The highest BCUT2D eigenvalue weighted by Gasteiger charge is 2.21. The second-order valence-corrected chi connectivity index (χ2v) is 6.70. The van der Waals surface area contributed by atoms with Crippen LogP contribution in [-0.2, 0) is 22.5 Å². The van der Waals surface area contributed by atoms with Crippen molar-refractivity contribution in [3.63, 3.8) is 0 Å². The van der Waals surface area contributed by atoms with Crippen LogP contribution in [0.4, 0.5) is 0 Å². The number of carbonyl (C=O) groups is 2. The van der Waals surface area contributed by atoms with Crippen LogP contribution in [0.1, 0.15) is 35.9 Å². The third-order valence-electron chi connectivity index (χ3n) is 4.17. The average molecular weight is 365 g/mol. The number of aromatic nitrogens is 2. The summed E-state index contributed by atoms with van der Waals surface area (Å²) < 4.78 is 6.71. The zero-order valence-electron chi connectivity index (χ0n) is 13.8. The fourth-order valence-electron chi connectivity index (χ4n) is 2.89. The molecule has 1 unspecified atom stereocenters. The summed E-state index contributed by atoms with van der Waals surface area (Å²) in [6.45, 7) is 2.76. The Morgan fingerprint density at radius 1 is 1.52 bits per heavy atom. The number of carboxylic acid groups (broad SMARTS) is 1. The third-order valence-corrected chi connectivity index (χ3v) is 5.04. The molecule has 8 nitrogen and oxygen atoms in total. The lowest BCUT2D eigenvalue weighted by Crippen LogP contribution is -2.37. The van der Waals surface area contributed by atoms with Crippen LogP contribution >= 0.6 is 11.3 Å². The highest BCUT2D eigenvalue weighted by Crippen LogP contribution is 2.21. The van der Waals surface area contributed by atoms with Gasteiger partial charge >= 0.3 is 5.97 Å². The lowest BCUT2D eigenvalue weighted by Gasteiger charge is -2.13.